The number of aryl methyl sites for hydroxylation is 2. The van der Waals surface area contributed by atoms with Crippen LogP contribution in [0.1, 0.15) is 52.5 Å². The smallest absolute Gasteiger partial charge is 0.278 e. The van der Waals surface area contributed by atoms with Gasteiger partial charge in [-0.1, -0.05) is 41.6 Å². The molecule has 0 saturated carbocycles. The first-order valence-electron chi connectivity index (χ1n) is 17.7. The Morgan fingerprint density at radius 2 is 1.67 bits per heavy atom. The molecule has 6 aromatic rings. The topological polar surface area (TPSA) is 190 Å². The molecule has 3 aromatic heterocycles. The van der Waals surface area contributed by atoms with Crippen LogP contribution in [0, 0.1) is 0 Å². The Bertz CT molecular complexity index is 2410. The Labute approximate surface area is 316 Å². The number of nitrogens with zero attached hydrogens (tertiary/aromatic N) is 9. The minimum absolute atomic E-state index is 0.0275. The molecule has 15 nitrogen and oxygen atoms in total. The molecule has 0 atom stereocenters. The van der Waals surface area contributed by atoms with Gasteiger partial charge >= 0.3 is 0 Å². The van der Waals surface area contributed by atoms with E-state index in [4.69, 9.17) is 10.5 Å². The molecule has 15 heteroatoms. The van der Waals surface area contributed by atoms with Crippen LogP contribution < -0.4 is 15.4 Å². The maximum atomic E-state index is 13.1. The highest BCUT2D eigenvalue weighted by molar-refractivity contribution is 6.15. The lowest BCUT2D eigenvalue weighted by molar-refractivity contribution is -0.128. The van der Waals surface area contributed by atoms with Crippen LogP contribution in [-0.4, -0.2) is 83.8 Å². The molecule has 278 valence electrons. The van der Waals surface area contributed by atoms with Gasteiger partial charge in [-0.25, -0.2) is 14.7 Å². The fourth-order valence-electron chi connectivity index (χ4n) is 6.02. The van der Waals surface area contributed by atoms with Crippen LogP contribution in [0.25, 0.3) is 22.9 Å². The fraction of sp³-hybridized carbons (Fsp3) is 0.225. The zero-order valence-corrected chi connectivity index (χ0v) is 30.6. The number of benzene rings is 3. The molecule has 0 fully saturated rings. The van der Waals surface area contributed by atoms with Crippen LogP contribution in [0.15, 0.2) is 96.0 Å². The number of ether oxygens (including phenoxy) is 1. The average molecular weight is 738 g/mol. The molecule has 0 unspecified atom stereocenters. The molecule has 3 aromatic carbocycles. The number of hydrogen-bond acceptors (Lipinski definition) is 12. The first kappa shape index (κ1) is 36.3. The zero-order valence-electron chi connectivity index (χ0n) is 30.6. The van der Waals surface area contributed by atoms with Gasteiger partial charge in [-0.2, -0.15) is 9.97 Å². The molecule has 7 rings (SSSR count). The van der Waals surface area contributed by atoms with E-state index < -0.39 is 0 Å². The van der Waals surface area contributed by atoms with Crippen molar-refractivity contribution in [2.45, 2.75) is 39.2 Å². The van der Waals surface area contributed by atoms with Gasteiger partial charge in [-0.05, 0) is 72.5 Å². The number of nitrogens with two attached hydrogens (primary N) is 1. The van der Waals surface area contributed by atoms with E-state index >= 15 is 0 Å². The second-order valence-electron chi connectivity index (χ2n) is 13.3. The molecular formula is C40H39N11O4. The third kappa shape index (κ3) is 8.62. The normalized spacial score (nSPS) is 13.4. The number of carbonyl (C=O) groups excluding carboxylic acids is 3. The number of amides is 1. The van der Waals surface area contributed by atoms with E-state index in [2.05, 4.69) is 35.2 Å². The van der Waals surface area contributed by atoms with Crippen LogP contribution in [0.2, 0.25) is 0 Å². The number of aromatic amines is 1. The SMILES string of the molecule is CC1=N/C(=C\c2ccc(N(C)C)cc2)C(=O)N1CC(=O)CCc1cn(-c2ccc(C(=O)CCc3ccc(COc4nc(N)nc5nc[nH]c45)cc3)cc2)nn1. The molecular weight excluding hydrogens is 699 g/mol. The maximum absolute atomic E-state index is 13.1. The molecule has 1 aliphatic heterocycles. The number of aromatic nitrogens is 7. The van der Waals surface area contributed by atoms with E-state index in [1.54, 1.807) is 36.0 Å². The lowest BCUT2D eigenvalue weighted by Gasteiger charge is -2.14. The summed E-state index contributed by atoms with van der Waals surface area (Å²) < 4.78 is 7.47. The number of rotatable bonds is 15. The maximum Gasteiger partial charge on any atom is 0.278 e. The van der Waals surface area contributed by atoms with Gasteiger partial charge < -0.3 is 20.4 Å². The number of imidazole rings is 1. The van der Waals surface area contributed by atoms with Crippen molar-refractivity contribution < 1.29 is 19.1 Å². The Kier molecular flexibility index (Phi) is 10.5. The van der Waals surface area contributed by atoms with Crippen LogP contribution in [0.4, 0.5) is 11.6 Å². The number of ketones is 2. The van der Waals surface area contributed by atoms with E-state index in [0.717, 1.165) is 28.1 Å². The lowest BCUT2D eigenvalue weighted by Crippen LogP contribution is -2.35. The Balaban J connectivity index is 0.858. The van der Waals surface area contributed by atoms with Gasteiger partial charge in [-0.3, -0.25) is 19.3 Å². The number of anilines is 2. The van der Waals surface area contributed by atoms with Crippen LogP contribution in [-0.2, 0) is 29.0 Å². The molecule has 4 heterocycles. The predicted molar refractivity (Wildman–Crippen MR) is 208 cm³/mol. The van der Waals surface area contributed by atoms with Gasteiger partial charge in [0.1, 0.15) is 23.7 Å². The number of Topliss-reactive ketones (excluding diaryl/α,β-unsaturated/α-hetero) is 2. The molecule has 3 N–H and O–H groups in total. The van der Waals surface area contributed by atoms with E-state index in [1.165, 1.54) is 11.2 Å². The summed E-state index contributed by atoms with van der Waals surface area (Å²) in [5, 5.41) is 8.43. The van der Waals surface area contributed by atoms with Gasteiger partial charge in [0.25, 0.3) is 5.91 Å². The summed E-state index contributed by atoms with van der Waals surface area (Å²) in [4.78, 5) is 62.1. The van der Waals surface area contributed by atoms with E-state index in [1.807, 2.05) is 79.7 Å². The van der Waals surface area contributed by atoms with Crippen LogP contribution in [0.5, 0.6) is 5.88 Å². The second kappa shape index (κ2) is 15.9. The quantitative estimate of drug-likeness (QED) is 0.109. The van der Waals surface area contributed by atoms with Crippen LogP contribution in [0.3, 0.4) is 0 Å². The first-order valence-corrected chi connectivity index (χ1v) is 17.7. The van der Waals surface area contributed by atoms with E-state index in [0.29, 0.717) is 59.1 Å². The number of nitrogens with one attached hydrogen (secondary N) is 1. The summed E-state index contributed by atoms with van der Waals surface area (Å²) in [5.41, 5.74) is 12.9. The molecule has 0 bridgehead atoms. The number of fused-ring (bicyclic) bond motifs is 1. The predicted octanol–water partition coefficient (Wildman–Crippen LogP) is 4.78. The number of aliphatic imine (C=N–C) groups is 1. The summed E-state index contributed by atoms with van der Waals surface area (Å²) in [6.07, 6.45) is 6.51. The van der Waals surface area contributed by atoms with Crippen molar-refractivity contribution in [3.63, 3.8) is 0 Å². The zero-order chi connectivity index (χ0) is 38.5. The van der Waals surface area contributed by atoms with Gasteiger partial charge in [0, 0.05) is 44.6 Å². The van der Waals surface area contributed by atoms with E-state index in [9.17, 15) is 14.4 Å². The molecule has 1 amide bonds. The van der Waals surface area contributed by atoms with E-state index in [-0.39, 0.29) is 43.0 Å². The molecule has 0 radical (unpaired) electrons. The molecule has 55 heavy (non-hydrogen) atoms. The highest BCUT2D eigenvalue weighted by Gasteiger charge is 2.29. The minimum Gasteiger partial charge on any atom is -0.471 e. The number of H-pyrrole nitrogens is 1. The van der Waals surface area contributed by atoms with Crippen molar-refractivity contribution in [1.29, 1.82) is 0 Å². The number of nitrogen functional groups attached to an aromatic ring is 1. The van der Waals surface area contributed by atoms with Gasteiger partial charge in [0.2, 0.25) is 11.8 Å². The monoisotopic (exact) mass is 737 g/mol. The summed E-state index contributed by atoms with van der Waals surface area (Å²) in [6.45, 7) is 1.94. The first-order chi connectivity index (χ1) is 26.6. The van der Waals surface area contributed by atoms with Crippen molar-refractivity contribution in [1.82, 2.24) is 39.8 Å². The molecule has 1 aliphatic rings. The van der Waals surface area contributed by atoms with Gasteiger partial charge in [-0.15, -0.1) is 5.10 Å². The number of amidine groups is 1. The summed E-state index contributed by atoms with van der Waals surface area (Å²) in [5.74, 6) is 0.533. The molecule has 0 saturated heterocycles. The standard InChI is InChI=1S/C40H39N11O4/c1-25-44-34(20-27-8-14-31(15-9-27)49(2)3)39(54)50(25)22-33(52)18-13-30-21-51(48-47-30)32-16-11-29(12-17-32)35(53)19-10-26-4-6-28(7-5-26)23-55-38-36-37(43-24-42-36)45-40(41)46-38/h4-9,11-12,14-17,20-21,24H,10,13,18-19,22-23H2,1-3H3,(H3,41,42,43,45,46)/b34-20-. The lowest BCUT2D eigenvalue weighted by atomic mass is 10.0. The third-order valence-corrected chi connectivity index (χ3v) is 9.15. The largest absolute Gasteiger partial charge is 0.471 e. The Morgan fingerprint density at radius 3 is 2.42 bits per heavy atom. The number of carbonyl (C=O) groups is 3. The van der Waals surface area contributed by atoms with Crippen molar-refractivity contribution >= 4 is 52.2 Å². The highest BCUT2D eigenvalue weighted by atomic mass is 16.5. The minimum atomic E-state index is -0.296. The molecule has 0 spiro atoms. The number of hydrogen-bond donors (Lipinski definition) is 2. The highest BCUT2D eigenvalue weighted by Crippen LogP contribution is 2.23. The van der Waals surface area contributed by atoms with Crippen molar-refractivity contribution in [3.05, 3.63) is 119 Å². The average Bonchev–Trinajstić information content (AvgIpc) is 3.93. The Morgan fingerprint density at radius 1 is 0.927 bits per heavy atom. The summed E-state index contributed by atoms with van der Waals surface area (Å²) >= 11 is 0. The van der Waals surface area contributed by atoms with Gasteiger partial charge in [0.15, 0.2) is 17.2 Å². The van der Waals surface area contributed by atoms with Crippen molar-refractivity contribution in [2.75, 3.05) is 31.3 Å². The third-order valence-electron chi connectivity index (χ3n) is 9.15. The fourth-order valence-corrected chi connectivity index (χ4v) is 6.02. The molecule has 0 aliphatic carbocycles. The van der Waals surface area contributed by atoms with Crippen LogP contribution >= 0.6 is 0 Å². The summed E-state index contributed by atoms with van der Waals surface area (Å²) in [6, 6.07) is 22.9. The summed E-state index contributed by atoms with van der Waals surface area (Å²) in [7, 11) is 3.93. The Hall–Kier alpha value is -7.03. The van der Waals surface area contributed by atoms with Crippen molar-refractivity contribution in [2.24, 2.45) is 4.99 Å². The van der Waals surface area contributed by atoms with Gasteiger partial charge in [0.05, 0.1) is 30.5 Å². The second-order valence-corrected chi connectivity index (χ2v) is 13.3. The van der Waals surface area contributed by atoms with Crippen molar-refractivity contribution in [3.8, 4) is 11.6 Å².